The fourth-order valence-electron chi connectivity index (χ4n) is 2.01. The molecule has 0 saturated heterocycles. The van der Waals surface area contributed by atoms with Crippen LogP contribution in [0.2, 0.25) is 0 Å². The van der Waals surface area contributed by atoms with Crippen LogP contribution in [0.15, 0.2) is 42.5 Å². The van der Waals surface area contributed by atoms with Gasteiger partial charge in [-0.2, -0.15) is 0 Å². The van der Waals surface area contributed by atoms with E-state index in [1.165, 1.54) is 17.7 Å². The van der Waals surface area contributed by atoms with E-state index in [-0.39, 0.29) is 5.82 Å². The Morgan fingerprint density at radius 1 is 1.16 bits per heavy atom. The van der Waals surface area contributed by atoms with Crippen LogP contribution in [-0.4, -0.2) is 9.97 Å². The molecule has 96 valence electrons. The molecular formula is C15H14FN3. The first kappa shape index (κ1) is 11.7. The summed E-state index contributed by atoms with van der Waals surface area (Å²) in [5.41, 5.74) is 4.07. The van der Waals surface area contributed by atoms with Crippen LogP contribution in [-0.2, 0) is 6.54 Å². The predicted molar refractivity (Wildman–Crippen MR) is 74.6 cm³/mol. The molecule has 1 aromatic heterocycles. The van der Waals surface area contributed by atoms with Gasteiger partial charge in [-0.3, -0.25) is 0 Å². The van der Waals surface area contributed by atoms with Gasteiger partial charge in [0, 0.05) is 5.69 Å². The highest BCUT2D eigenvalue weighted by molar-refractivity contribution is 5.75. The Morgan fingerprint density at radius 2 is 1.95 bits per heavy atom. The number of rotatable bonds is 3. The molecule has 0 aliphatic heterocycles. The standard InChI is InChI=1S/C15H14FN3/c1-10-2-7-13-14(8-10)19-15(18-13)9-17-12-5-3-11(16)4-6-12/h2-8,17H,9H2,1H3,(H,18,19). The highest BCUT2D eigenvalue weighted by atomic mass is 19.1. The second-order valence-electron chi connectivity index (χ2n) is 4.56. The Labute approximate surface area is 110 Å². The van der Waals surface area contributed by atoms with E-state index >= 15 is 0 Å². The van der Waals surface area contributed by atoms with Crippen LogP contribution in [0, 0.1) is 12.7 Å². The second kappa shape index (κ2) is 4.72. The number of benzene rings is 2. The van der Waals surface area contributed by atoms with Crippen molar-refractivity contribution in [2.45, 2.75) is 13.5 Å². The molecule has 0 aliphatic carbocycles. The lowest BCUT2D eigenvalue weighted by Gasteiger charge is -2.03. The number of aryl methyl sites for hydroxylation is 1. The van der Waals surface area contributed by atoms with Gasteiger partial charge in [0.15, 0.2) is 0 Å². The lowest BCUT2D eigenvalue weighted by Crippen LogP contribution is -2.00. The summed E-state index contributed by atoms with van der Waals surface area (Å²) < 4.78 is 12.8. The van der Waals surface area contributed by atoms with Gasteiger partial charge in [0.25, 0.3) is 0 Å². The van der Waals surface area contributed by atoms with Crippen molar-refractivity contribution >= 4 is 16.7 Å². The maximum Gasteiger partial charge on any atom is 0.126 e. The number of imidazole rings is 1. The normalized spacial score (nSPS) is 10.8. The fraction of sp³-hybridized carbons (Fsp3) is 0.133. The lowest BCUT2D eigenvalue weighted by molar-refractivity contribution is 0.628. The van der Waals surface area contributed by atoms with Crippen molar-refractivity contribution in [2.75, 3.05) is 5.32 Å². The summed E-state index contributed by atoms with van der Waals surface area (Å²) in [6, 6.07) is 12.4. The van der Waals surface area contributed by atoms with Gasteiger partial charge in [-0.25, -0.2) is 9.37 Å². The molecule has 0 saturated carbocycles. The summed E-state index contributed by atoms with van der Waals surface area (Å²) in [6.45, 7) is 2.63. The van der Waals surface area contributed by atoms with E-state index in [4.69, 9.17) is 0 Å². The monoisotopic (exact) mass is 255 g/mol. The highest BCUT2D eigenvalue weighted by Gasteiger charge is 2.02. The van der Waals surface area contributed by atoms with Gasteiger partial charge in [0.1, 0.15) is 11.6 Å². The Kier molecular flexibility index (Phi) is 2.91. The number of nitrogens with zero attached hydrogens (tertiary/aromatic N) is 1. The van der Waals surface area contributed by atoms with E-state index in [1.54, 1.807) is 12.1 Å². The van der Waals surface area contributed by atoms with Crippen LogP contribution in [0.25, 0.3) is 11.0 Å². The molecule has 0 bridgehead atoms. The molecule has 0 aliphatic rings. The zero-order chi connectivity index (χ0) is 13.2. The van der Waals surface area contributed by atoms with Crippen LogP contribution in [0.4, 0.5) is 10.1 Å². The first-order valence-corrected chi connectivity index (χ1v) is 6.15. The molecule has 19 heavy (non-hydrogen) atoms. The third kappa shape index (κ3) is 2.57. The number of aromatic nitrogens is 2. The van der Waals surface area contributed by atoms with Crippen molar-refractivity contribution in [3.05, 3.63) is 59.7 Å². The van der Waals surface area contributed by atoms with Gasteiger partial charge in [-0.05, 0) is 48.9 Å². The summed E-state index contributed by atoms with van der Waals surface area (Å²) >= 11 is 0. The Hall–Kier alpha value is -2.36. The Balaban J connectivity index is 1.76. The van der Waals surface area contributed by atoms with Gasteiger partial charge in [-0.1, -0.05) is 6.07 Å². The van der Waals surface area contributed by atoms with E-state index in [9.17, 15) is 4.39 Å². The molecule has 0 atom stereocenters. The summed E-state index contributed by atoms with van der Waals surface area (Å²) in [5, 5.41) is 3.20. The molecule has 4 heteroatoms. The van der Waals surface area contributed by atoms with Gasteiger partial charge in [-0.15, -0.1) is 0 Å². The number of nitrogens with one attached hydrogen (secondary N) is 2. The topological polar surface area (TPSA) is 40.7 Å². The van der Waals surface area contributed by atoms with E-state index in [0.29, 0.717) is 6.54 Å². The van der Waals surface area contributed by atoms with Crippen LogP contribution in [0.3, 0.4) is 0 Å². The number of H-pyrrole nitrogens is 1. The highest BCUT2D eigenvalue weighted by Crippen LogP contribution is 2.14. The van der Waals surface area contributed by atoms with Gasteiger partial charge < -0.3 is 10.3 Å². The Bertz CT molecular complexity index is 701. The maximum absolute atomic E-state index is 12.8. The van der Waals surface area contributed by atoms with E-state index in [2.05, 4.69) is 28.3 Å². The van der Waals surface area contributed by atoms with Crippen molar-refractivity contribution in [3.63, 3.8) is 0 Å². The number of halogens is 1. The van der Waals surface area contributed by atoms with Crippen LogP contribution in [0.5, 0.6) is 0 Å². The molecule has 0 fully saturated rings. The van der Waals surface area contributed by atoms with Gasteiger partial charge >= 0.3 is 0 Å². The number of fused-ring (bicyclic) bond motifs is 1. The first-order chi connectivity index (χ1) is 9.20. The molecule has 3 rings (SSSR count). The SMILES string of the molecule is Cc1ccc2nc(CNc3ccc(F)cc3)[nH]c2c1. The third-order valence-electron chi connectivity index (χ3n) is 2.99. The maximum atomic E-state index is 12.8. The summed E-state index contributed by atoms with van der Waals surface area (Å²) in [7, 11) is 0. The second-order valence-corrected chi connectivity index (χ2v) is 4.56. The number of aromatic amines is 1. The molecule has 1 heterocycles. The molecule has 0 amide bonds. The largest absolute Gasteiger partial charge is 0.378 e. The lowest BCUT2D eigenvalue weighted by atomic mass is 10.2. The van der Waals surface area contributed by atoms with E-state index in [0.717, 1.165) is 22.5 Å². The van der Waals surface area contributed by atoms with Crippen molar-refractivity contribution in [3.8, 4) is 0 Å². The van der Waals surface area contributed by atoms with Gasteiger partial charge in [0.05, 0.1) is 17.6 Å². The summed E-state index contributed by atoms with van der Waals surface area (Å²) in [4.78, 5) is 7.76. The van der Waals surface area contributed by atoms with Crippen molar-refractivity contribution in [2.24, 2.45) is 0 Å². The molecule has 0 spiro atoms. The quantitative estimate of drug-likeness (QED) is 0.750. The summed E-state index contributed by atoms with van der Waals surface area (Å²) in [5.74, 6) is 0.634. The summed E-state index contributed by atoms with van der Waals surface area (Å²) in [6.07, 6.45) is 0. The van der Waals surface area contributed by atoms with Crippen LogP contribution >= 0.6 is 0 Å². The Morgan fingerprint density at radius 3 is 2.74 bits per heavy atom. The minimum atomic E-state index is -0.232. The average molecular weight is 255 g/mol. The van der Waals surface area contributed by atoms with Crippen molar-refractivity contribution in [1.29, 1.82) is 0 Å². The molecule has 0 radical (unpaired) electrons. The predicted octanol–water partition coefficient (Wildman–Crippen LogP) is 3.62. The molecule has 0 unspecified atom stereocenters. The zero-order valence-electron chi connectivity index (χ0n) is 10.6. The average Bonchev–Trinajstić information content (AvgIpc) is 2.80. The molecule has 3 nitrogen and oxygen atoms in total. The molecule has 2 aromatic carbocycles. The third-order valence-corrected chi connectivity index (χ3v) is 2.99. The molecule has 2 N–H and O–H groups in total. The number of hydrogen-bond acceptors (Lipinski definition) is 2. The van der Waals surface area contributed by atoms with Crippen LogP contribution in [0.1, 0.15) is 11.4 Å². The first-order valence-electron chi connectivity index (χ1n) is 6.15. The molecule has 3 aromatic rings. The minimum absolute atomic E-state index is 0.232. The van der Waals surface area contributed by atoms with Gasteiger partial charge in [0.2, 0.25) is 0 Å². The zero-order valence-corrected chi connectivity index (χ0v) is 10.6. The molecular weight excluding hydrogens is 241 g/mol. The number of hydrogen-bond donors (Lipinski definition) is 2. The van der Waals surface area contributed by atoms with Crippen molar-refractivity contribution < 1.29 is 4.39 Å². The smallest absolute Gasteiger partial charge is 0.126 e. The number of anilines is 1. The van der Waals surface area contributed by atoms with Crippen molar-refractivity contribution in [1.82, 2.24) is 9.97 Å². The fourth-order valence-corrected chi connectivity index (χ4v) is 2.01. The minimum Gasteiger partial charge on any atom is -0.378 e. The van der Waals surface area contributed by atoms with E-state index < -0.39 is 0 Å². The van der Waals surface area contributed by atoms with Crippen LogP contribution < -0.4 is 5.32 Å². The van der Waals surface area contributed by atoms with E-state index in [1.807, 2.05) is 12.1 Å².